The lowest BCUT2D eigenvalue weighted by molar-refractivity contribution is 0.478. The number of hydrogen-bond acceptors (Lipinski definition) is 3. The van der Waals surface area contributed by atoms with E-state index >= 15 is 0 Å². The summed E-state index contributed by atoms with van der Waals surface area (Å²) in [6.45, 7) is 0. The standard InChI is InChI=1S/C7H7NO2/c8-6-3-1-5(9)2-4-7(6)10/h1-4,10H,8H2. The van der Waals surface area contributed by atoms with Crippen molar-refractivity contribution in [3.8, 4) is 5.75 Å². The molecule has 0 atom stereocenters. The van der Waals surface area contributed by atoms with E-state index < -0.39 is 0 Å². The van der Waals surface area contributed by atoms with Gasteiger partial charge in [0.25, 0.3) is 0 Å². The Labute approximate surface area is 57.7 Å². The zero-order chi connectivity index (χ0) is 7.56. The molecule has 0 aliphatic carbocycles. The second-order valence-electron chi connectivity index (χ2n) is 1.91. The third-order valence-electron chi connectivity index (χ3n) is 1.13. The van der Waals surface area contributed by atoms with E-state index in [9.17, 15) is 4.79 Å². The minimum absolute atomic E-state index is 0.0675. The topological polar surface area (TPSA) is 63.3 Å². The Morgan fingerprint density at radius 2 is 1.80 bits per heavy atom. The first-order valence-corrected chi connectivity index (χ1v) is 2.79. The van der Waals surface area contributed by atoms with Gasteiger partial charge in [-0.05, 0) is 24.3 Å². The van der Waals surface area contributed by atoms with Crippen molar-refractivity contribution in [3.05, 3.63) is 34.5 Å². The number of hydrogen-bond donors (Lipinski definition) is 2. The highest BCUT2D eigenvalue weighted by atomic mass is 16.3. The summed E-state index contributed by atoms with van der Waals surface area (Å²) >= 11 is 0. The molecular weight excluding hydrogens is 130 g/mol. The van der Waals surface area contributed by atoms with Crippen LogP contribution in [-0.4, -0.2) is 5.11 Å². The van der Waals surface area contributed by atoms with Gasteiger partial charge in [0.1, 0.15) is 5.75 Å². The van der Waals surface area contributed by atoms with Gasteiger partial charge in [-0.25, -0.2) is 0 Å². The predicted molar refractivity (Wildman–Crippen MR) is 38.8 cm³/mol. The second kappa shape index (κ2) is 2.39. The van der Waals surface area contributed by atoms with E-state index in [0.717, 1.165) is 0 Å². The lowest BCUT2D eigenvalue weighted by atomic mass is 10.4. The van der Waals surface area contributed by atoms with Crippen molar-refractivity contribution in [1.82, 2.24) is 0 Å². The fourth-order valence-corrected chi connectivity index (χ4v) is 0.570. The van der Waals surface area contributed by atoms with Crippen molar-refractivity contribution in [2.24, 2.45) is 0 Å². The highest BCUT2D eigenvalue weighted by Crippen LogP contribution is 2.13. The molecule has 3 heteroatoms. The zero-order valence-corrected chi connectivity index (χ0v) is 5.24. The number of aromatic hydroxyl groups is 1. The first kappa shape index (κ1) is 6.61. The van der Waals surface area contributed by atoms with Gasteiger partial charge in [-0.2, -0.15) is 0 Å². The Balaban J connectivity index is 3.42. The molecule has 0 bridgehead atoms. The van der Waals surface area contributed by atoms with Gasteiger partial charge in [0.15, 0.2) is 5.43 Å². The molecule has 0 amide bonds. The molecule has 10 heavy (non-hydrogen) atoms. The van der Waals surface area contributed by atoms with Crippen LogP contribution >= 0.6 is 0 Å². The summed E-state index contributed by atoms with van der Waals surface area (Å²) in [5, 5.41) is 8.94. The molecule has 52 valence electrons. The van der Waals surface area contributed by atoms with E-state index in [0.29, 0.717) is 0 Å². The van der Waals surface area contributed by atoms with Gasteiger partial charge in [0, 0.05) is 0 Å². The van der Waals surface area contributed by atoms with Crippen molar-refractivity contribution in [1.29, 1.82) is 0 Å². The lowest BCUT2D eigenvalue weighted by Gasteiger charge is -1.87. The molecule has 1 aromatic rings. The molecule has 0 saturated carbocycles. The highest BCUT2D eigenvalue weighted by Gasteiger charge is 1.89. The van der Waals surface area contributed by atoms with E-state index in [2.05, 4.69) is 0 Å². The SMILES string of the molecule is Nc1ccc(=O)ccc1O. The van der Waals surface area contributed by atoms with Gasteiger partial charge < -0.3 is 10.8 Å². The normalized spacial score (nSPS) is 9.20. The molecule has 3 N–H and O–H groups in total. The van der Waals surface area contributed by atoms with Crippen LogP contribution in [0.4, 0.5) is 5.69 Å². The van der Waals surface area contributed by atoms with Gasteiger partial charge in [-0.15, -0.1) is 0 Å². The Bertz CT molecular complexity index is 268. The van der Waals surface area contributed by atoms with E-state index in [4.69, 9.17) is 10.8 Å². The molecular formula is C7H7NO2. The van der Waals surface area contributed by atoms with Crippen LogP contribution < -0.4 is 11.2 Å². The van der Waals surface area contributed by atoms with Crippen molar-refractivity contribution in [2.75, 3.05) is 5.73 Å². The first-order valence-electron chi connectivity index (χ1n) is 2.79. The summed E-state index contributed by atoms with van der Waals surface area (Å²) < 4.78 is 0. The molecule has 3 nitrogen and oxygen atoms in total. The predicted octanol–water partition coefficient (Wildman–Crippen LogP) is 0.335. The molecule has 1 aromatic carbocycles. The van der Waals surface area contributed by atoms with Gasteiger partial charge in [0.2, 0.25) is 0 Å². The summed E-state index contributed by atoms with van der Waals surface area (Å²) in [5.41, 5.74) is 5.32. The third kappa shape index (κ3) is 1.25. The maximum atomic E-state index is 10.6. The van der Waals surface area contributed by atoms with Gasteiger partial charge in [-0.1, -0.05) is 0 Å². The van der Waals surface area contributed by atoms with Crippen LogP contribution in [0.2, 0.25) is 0 Å². The lowest BCUT2D eigenvalue weighted by Crippen LogP contribution is -1.87. The number of nitrogen functional groups attached to an aromatic ring is 1. The number of rotatable bonds is 0. The second-order valence-corrected chi connectivity index (χ2v) is 1.91. The van der Waals surface area contributed by atoms with Crippen molar-refractivity contribution in [2.45, 2.75) is 0 Å². The minimum atomic E-state index is -0.174. The Kier molecular flexibility index (Phi) is 1.58. The van der Waals surface area contributed by atoms with E-state index in [1.165, 1.54) is 24.3 Å². The molecule has 1 rings (SSSR count). The first-order chi connectivity index (χ1) is 4.70. The van der Waals surface area contributed by atoms with E-state index in [1.54, 1.807) is 0 Å². The van der Waals surface area contributed by atoms with Crippen LogP contribution in [0.15, 0.2) is 29.1 Å². The smallest absolute Gasteiger partial charge is 0.178 e. The van der Waals surface area contributed by atoms with Crippen LogP contribution in [0.5, 0.6) is 5.75 Å². The van der Waals surface area contributed by atoms with Gasteiger partial charge in [0.05, 0.1) is 5.69 Å². The molecule has 0 aliphatic rings. The average Bonchev–Trinajstić information content (AvgIpc) is 2.04. The summed E-state index contributed by atoms with van der Waals surface area (Å²) in [5.74, 6) is -0.0675. The molecule has 0 fully saturated rings. The molecule has 0 aromatic heterocycles. The van der Waals surface area contributed by atoms with Crippen molar-refractivity contribution >= 4 is 5.69 Å². The van der Waals surface area contributed by atoms with E-state index in [1.807, 2.05) is 0 Å². The van der Waals surface area contributed by atoms with Crippen LogP contribution in [0.3, 0.4) is 0 Å². The largest absolute Gasteiger partial charge is 0.506 e. The monoisotopic (exact) mass is 137 g/mol. The Hall–Kier alpha value is -1.51. The van der Waals surface area contributed by atoms with E-state index in [-0.39, 0.29) is 16.9 Å². The maximum absolute atomic E-state index is 10.6. The van der Waals surface area contributed by atoms with Crippen molar-refractivity contribution < 1.29 is 5.11 Å². The number of anilines is 1. The molecule has 0 heterocycles. The third-order valence-corrected chi connectivity index (χ3v) is 1.13. The fraction of sp³-hybridized carbons (Fsp3) is 0. The van der Waals surface area contributed by atoms with Crippen LogP contribution in [-0.2, 0) is 0 Å². The zero-order valence-electron chi connectivity index (χ0n) is 5.24. The summed E-state index contributed by atoms with van der Waals surface area (Å²) in [6.07, 6.45) is 0. The van der Waals surface area contributed by atoms with Crippen molar-refractivity contribution in [3.63, 3.8) is 0 Å². The summed E-state index contributed by atoms with van der Waals surface area (Å²) in [4.78, 5) is 10.6. The molecule has 0 unspecified atom stereocenters. The molecule has 0 aliphatic heterocycles. The number of nitrogens with two attached hydrogens (primary N) is 1. The molecule has 0 spiro atoms. The van der Waals surface area contributed by atoms with Gasteiger partial charge in [-0.3, -0.25) is 4.79 Å². The summed E-state index contributed by atoms with van der Waals surface area (Å²) in [6, 6.07) is 5.20. The Morgan fingerprint density at radius 1 is 1.20 bits per heavy atom. The fourth-order valence-electron chi connectivity index (χ4n) is 0.570. The summed E-state index contributed by atoms with van der Waals surface area (Å²) in [7, 11) is 0. The Morgan fingerprint density at radius 3 is 2.50 bits per heavy atom. The van der Waals surface area contributed by atoms with Crippen LogP contribution in [0, 0.1) is 0 Å². The maximum Gasteiger partial charge on any atom is 0.178 e. The minimum Gasteiger partial charge on any atom is -0.506 e. The van der Waals surface area contributed by atoms with Gasteiger partial charge >= 0.3 is 0 Å². The highest BCUT2D eigenvalue weighted by molar-refractivity contribution is 5.49. The molecule has 0 radical (unpaired) electrons. The average molecular weight is 137 g/mol. The van der Waals surface area contributed by atoms with Crippen LogP contribution in [0.25, 0.3) is 0 Å². The quantitative estimate of drug-likeness (QED) is 0.541. The molecule has 0 saturated heterocycles. The van der Waals surface area contributed by atoms with Crippen LogP contribution in [0.1, 0.15) is 0 Å².